The largest absolute Gasteiger partial charge is 0.496 e. The summed E-state index contributed by atoms with van der Waals surface area (Å²) in [6.07, 6.45) is 6.40. The van der Waals surface area contributed by atoms with Gasteiger partial charge in [-0.3, -0.25) is 19.2 Å². The smallest absolute Gasteiger partial charge is 0.248 e. The summed E-state index contributed by atoms with van der Waals surface area (Å²) in [5.74, 6) is 1.04. The van der Waals surface area contributed by atoms with Crippen LogP contribution < -0.4 is 10.1 Å². The molecule has 1 aromatic heterocycles. The lowest BCUT2D eigenvalue weighted by atomic mass is 10.1. The molecule has 0 radical (unpaired) electrons. The number of aromatic nitrogens is 2. The molecule has 1 saturated carbocycles. The van der Waals surface area contributed by atoms with Crippen LogP contribution in [0.1, 0.15) is 30.9 Å². The maximum Gasteiger partial charge on any atom is 0.248 e. The molecule has 9 heteroatoms. The van der Waals surface area contributed by atoms with Gasteiger partial charge in [0, 0.05) is 50.9 Å². The number of para-hydroxylation sites is 1. The fraction of sp³-hybridized carbons (Fsp3) is 0.542. The van der Waals surface area contributed by atoms with Crippen molar-refractivity contribution in [1.29, 1.82) is 0 Å². The van der Waals surface area contributed by atoms with E-state index in [0.717, 1.165) is 42.8 Å². The standard InChI is InChI=1S/C24H33N5O4/c1-27(2)23(30)16-33-15-21-10-20(14-28(21)12-18-6-4-5-7-22(18)32-3)29-13-19(11-25-29)26-24(31)17-8-9-17/h4-7,11,13,17,20-21H,8-10,12,14-16H2,1-3H3,(H,26,31)/t20-,21-/m0/s1. The zero-order chi connectivity index (χ0) is 23.4. The number of benzene rings is 1. The maximum atomic E-state index is 12.1. The molecule has 2 atom stereocenters. The fourth-order valence-electron chi connectivity index (χ4n) is 4.17. The Balaban J connectivity index is 1.43. The fourth-order valence-corrected chi connectivity index (χ4v) is 4.17. The van der Waals surface area contributed by atoms with Gasteiger partial charge in [0.25, 0.3) is 0 Å². The van der Waals surface area contributed by atoms with E-state index in [2.05, 4.69) is 21.4 Å². The first-order chi connectivity index (χ1) is 15.9. The number of hydrogen-bond acceptors (Lipinski definition) is 6. The molecule has 2 aromatic rings. The second-order valence-corrected chi connectivity index (χ2v) is 9.06. The number of rotatable bonds is 10. The summed E-state index contributed by atoms with van der Waals surface area (Å²) in [5, 5.41) is 7.48. The van der Waals surface area contributed by atoms with E-state index in [4.69, 9.17) is 9.47 Å². The number of carbonyl (C=O) groups is 2. The predicted molar refractivity (Wildman–Crippen MR) is 124 cm³/mol. The molecule has 0 spiro atoms. The number of amides is 2. The molecule has 1 aliphatic carbocycles. The number of nitrogens with one attached hydrogen (secondary N) is 1. The molecular formula is C24H33N5O4. The Bertz CT molecular complexity index is 971. The lowest BCUT2D eigenvalue weighted by Crippen LogP contribution is -2.34. The van der Waals surface area contributed by atoms with Crippen molar-refractivity contribution in [3.05, 3.63) is 42.2 Å². The van der Waals surface area contributed by atoms with E-state index in [1.165, 1.54) is 4.90 Å². The number of likely N-dealkylation sites (N-methyl/N-ethyl adjacent to an activating group) is 1. The molecule has 0 bridgehead atoms. The van der Waals surface area contributed by atoms with Gasteiger partial charge in [0.1, 0.15) is 12.4 Å². The van der Waals surface area contributed by atoms with E-state index < -0.39 is 0 Å². The van der Waals surface area contributed by atoms with Crippen LogP contribution in [-0.2, 0) is 20.9 Å². The molecule has 178 valence electrons. The minimum absolute atomic E-state index is 0.0519. The average molecular weight is 456 g/mol. The summed E-state index contributed by atoms with van der Waals surface area (Å²) >= 11 is 0. The van der Waals surface area contributed by atoms with Crippen molar-refractivity contribution in [2.75, 3.05) is 46.3 Å². The minimum Gasteiger partial charge on any atom is -0.496 e. The highest BCUT2D eigenvalue weighted by Crippen LogP contribution is 2.32. The van der Waals surface area contributed by atoms with Crippen molar-refractivity contribution < 1.29 is 19.1 Å². The van der Waals surface area contributed by atoms with Gasteiger partial charge >= 0.3 is 0 Å². The van der Waals surface area contributed by atoms with Crippen LogP contribution >= 0.6 is 0 Å². The van der Waals surface area contributed by atoms with E-state index in [9.17, 15) is 9.59 Å². The zero-order valence-electron chi connectivity index (χ0n) is 19.6. The second kappa shape index (κ2) is 10.4. The Morgan fingerprint density at radius 1 is 1.24 bits per heavy atom. The summed E-state index contributed by atoms with van der Waals surface area (Å²) in [6, 6.07) is 8.28. The van der Waals surface area contributed by atoms with Gasteiger partial charge in [-0.05, 0) is 25.3 Å². The van der Waals surface area contributed by atoms with Crippen LogP contribution in [0.4, 0.5) is 5.69 Å². The quantitative estimate of drug-likeness (QED) is 0.591. The molecule has 33 heavy (non-hydrogen) atoms. The normalized spacial score (nSPS) is 20.6. The topological polar surface area (TPSA) is 88.9 Å². The van der Waals surface area contributed by atoms with Crippen LogP contribution in [0.25, 0.3) is 0 Å². The molecule has 1 aliphatic heterocycles. The molecule has 0 unspecified atom stereocenters. The summed E-state index contributed by atoms with van der Waals surface area (Å²) in [4.78, 5) is 27.9. The third-order valence-corrected chi connectivity index (χ3v) is 6.30. The highest BCUT2D eigenvalue weighted by atomic mass is 16.5. The van der Waals surface area contributed by atoms with Crippen LogP contribution in [-0.4, -0.2) is 78.4 Å². The third kappa shape index (κ3) is 5.91. The molecule has 4 rings (SSSR count). The van der Waals surface area contributed by atoms with E-state index in [1.807, 2.05) is 29.1 Å². The van der Waals surface area contributed by atoms with Crippen molar-refractivity contribution in [3.8, 4) is 5.75 Å². The van der Waals surface area contributed by atoms with Crippen LogP contribution in [0.2, 0.25) is 0 Å². The Morgan fingerprint density at radius 3 is 2.76 bits per heavy atom. The summed E-state index contributed by atoms with van der Waals surface area (Å²) in [6.45, 7) is 2.02. The summed E-state index contributed by atoms with van der Waals surface area (Å²) in [7, 11) is 5.13. The SMILES string of the molecule is COc1ccccc1CN1C[C@@H](n2cc(NC(=O)C3CC3)cn2)C[C@H]1COCC(=O)N(C)C. The second-order valence-electron chi connectivity index (χ2n) is 9.06. The number of likely N-dealkylation sites (tertiary alicyclic amines) is 1. The lowest BCUT2D eigenvalue weighted by molar-refractivity contribution is -0.134. The number of methoxy groups -OCH3 is 1. The molecule has 2 heterocycles. The summed E-state index contributed by atoms with van der Waals surface area (Å²) in [5.41, 5.74) is 1.84. The monoisotopic (exact) mass is 455 g/mol. The van der Waals surface area contributed by atoms with E-state index in [-0.39, 0.29) is 36.4 Å². The molecule has 1 N–H and O–H groups in total. The van der Waals surface area contributed by atoms with Crippen molar-refractivity contribution in [2.24, 2.45) is 5.92 Å². The Kier molecular flexibility index (Phi) is 7.29. The van der Waals surface area contributed by atoms with E-state index in [0.29, 0.717) is 13.2 Å². The molecule has 9 nitrogen and oxygen atoms in total. The molecular weight excluding hydrogens is 422 g/mol. The Hall–Kier alpha value is -2.91. The van der Waals surface area contributed by atoms with E-state index in [1.54, 1.807) is 27.4 Å². The van der Waals surface area contributed by atoms with Crippen LogP contribution in [0.15, 0.2) is 36.7 Å². The Morgan fingerprint density at radius 2 is 2.03 bits per heavy atom. The average Bonchev–Trinajstić information content (AvgIpc) is 3.44. The lowest BCUT2D eigenvalue weighted by Gasteiger charge is -2.25. The first-order valence-corrected chi connectivity index (χ1v) is 11.4. The summed E-state index contributed by atoms with van der Waals surface area (Å²) < 4.78 is 13.3. The zero-order valence-corrected chi connectivity index (χ0v) is 19.6. The van der Waals surface area contributed by atoms with Crippen molar-refractivity contribution in [2.45, 2.75) is 37.9 Å². The number of anilines is 1. The van der Waals surface area contributed by atoms with E-state index >= 15 is 0 Å². The number of hydrogen-bond donors (Lipinski definition) is 1. The highest BCUT2D eigenvalue weighted by molar-refractivity contribution is 5.93. The third-order valence-electron chi connectivity index (χ3n) is 6.30. The molecule has 2 aliphatic rings. The van der Waals surface area contributed by atoms with Crippen LogP contribution in [0, 0.1) is 5.92 Å². The number of ether oxygens (including phenoxy) is 2. The van der Waals surface area contributed by atoms with Gasteiger partial charge in [0.05, 0.1) is 31.6 Å². The van der Waals surface area contributed by atoms with Gasteiger partial charge in [-0.15, -0.1) is 0 Å². The number of carbonyl (C=O) groups excluding carboxylic acids is 2. The van der Waals surface area contributed by atoms with Gasteiger partial charge in [0.2, 0.25) is 11.8 Å². The van der Waals surface area contributed by atoms with Gasteiger partial charge in [-0.1, -0.05) is 18.2 Å². The maximum absolute atomic E-state index is 12.1. The van der Waals surface area contributed by atoms with Crippen LogP contribution in [0.3, 0.4) is 0 Å². The van der Waals surface area contributed by atoms with Gasteiger partial charge in [-0.2, -0.15) is 5.10 Å². The molecule has 1 saturated heterocycles. The molecule has 2 fully saturated rings. The first-order valence-electron chi connectivity index (χ1n) is 11.4. The van der Waals surface area contributed by atoms with Gasteiger partial charge in [0.15, 0.2) is 0 Å². The van der Waals surface area contributed by atoms with Gasteiger partial charge in [-0.25, -0.2) is 0 Å². The molecule has 2 amide bonds. The predicted octanol–water partition coefficient (Wildman–Crippen LogP) is 2.16. The van der Waals surface area contributed by atoms with Crippen molar-refractivity contribution >= 4 is 17.5 Å². The Labute approximate surface area is 194 Å². The van der Waals surface area contributed by atoms with Gasteiger partial charge < -0.3 is 19.7 Å². The van der Waals surface area contributed by atoms with Crippen molar-refractivity contribution in [1.82, 2.24) is 19.6 Å². The van der Waals surface area contributed by atoms with Crippen LogP contribution in [0.5, 0.6) is 5.75 Å². The first kappa shape index (κ1) is 23.3. The van der Waals surface area contributed by atoms with Crippen molar-refractivity contribution in [3.63, 3.8) is 0 Å². The molecule has 1 aromatic carbocycles. The highest BCUT2D eigenvalue weighted by Gasteiger charge is 2.35. The minimum atomic E-state index is -0.0519. The number of nitrogens with zero attached hydrogens (tertiary/aromatic N) is 4.